The molecule has 0 amide bonds. The van der Waals surface area contributed by atoms with Gasteiger partial charge in [-0.15, -0.1) is 0 Å². The topological polar surface area (TPSA) is 94.3 Å². The molecule has 0 bridgehead atoms. The Kier molecular flexibility index (Phi) is 5.11. The van der Waals surface area contributed by atoms with E-state index in [1.54, 1.807) is 19.2 Å². The Morgan fingerprint density at radius 1 is 1.12 bits per heavy atom. The molecule has 3 rings (SSSR count). The molecule has 1 heterocycles. The van der Waals surface area contributed by atoms with E-state index in [2.05, 4.69) is 10.3 Å². The minimum Gasteiger partial charge on any atom is -0.497 e. The van der Waals surface area contributed by atoms with E-state index in [0.717, 1.165) is 40.0 Å². The van der Waals surface area contributed by atoms with Crippen molar-refractivity contribution in [2.75, 3.05) is 19.0 Å². The minimum atomic E-state index is -3.65. The number of anilines is 1. The molecule has 0 aliphatic carbocycles. The van der Waals surface area contributed by atoms with Crippen molar-refractivity contribution in [3.63, 3.8) is 0 Å². The Balaban J connectivity index is 1.69. The van der Waals surface area contributed by atoms with Crippen molar-refractivity contribution in [2.24, 2.45) is 5.14 Å². The molecule has 0 aliphatic heterocycles. The number of aryl methyl sites for hydroxylation is 1. The van der Waals surface area contributed by atoms with Gasteiger partial charge in [-0.25, -0.2) is 18.5 Å². The van der Waals surface area contributed by atoms with E-state index in [4.69, 9.17) is 9.88 Å². The molecule has 3 N–H and O–H groups in total. The van der Waals surface area contributed by atoms with Gasteiger partial charge in [0.15, 0.2) is 0 Å². The van der Waals surface area contributed by atoms with Crippen LogP contribution in [-0.4, -0.2) is 27.1 Å². The van der Waals surface area contributed by atoms with E-state index in [1.165, 1.54) is 12.1 Å². The number of nitrogens with one attached hydrogen (secondary N) is 1. The Morgan fingerprint density at radius 2 is 1.85 bits per heavy atom. The Morgan fingerprint density at radius 3 is 2.50 bits per heavy atom. The summed E-state index contributed by atoms with van der Waals surface area (Å²) < 4.78 is 27.8. The van der Waals surface area contributed by atoms with Crippen LogP contribution < -0.4 is 15.2 Å². The van der Waals surface area contributed by atoms with Crippen LogP contribution in [0.5, 0.6) is 5.75 Å². The first-order chi connectivity index (χ1) is 12.4. The Hall–Kier alpha value is -2.64. The quantitative estimate of drug-likeness (QED) is 0.695. The standard InChI is InChI=1S/C19H21N3O3S/c1-13-11-19(22-18-12-15(25-2)5-8-17(13)18)21-10-9-14-3-6-16(7-4-14)26(20,23)24/h3-8,11-12H,9-10H2,1-2H3,(H,21,22)(H2,20,23,24). The lowest BCUT2D eigenvalue weighted by Crippen LogP contribution is -2.12. The van der Waals surface area contributed by atoms with Gasteiger partial charge in [-0.3, -0.25) is 0 Å². The highest BCUT2D eigenvalue weighted by atomic mass is 32.2. The smallest absolute Gasteiger partial charge is 0.238 e. The molecule has 0 fully saturated rings. The number of nitrogens with two attached hydrogens (primary N) is 1. The second-order valence-corrected chi connectivity index (χ2v) is 7.63. The molecule has 1 aromatic heterocycles. The molecule has 2 aromatic carbocycles. The van der Waals surface area contributed by atoms with Crippen LogP contribution in [0.1, 0.15) is 11.1 Å². The van der Waals surface area contributed by atoms with Crippen molar-refractivity contribution in [2.45, 2.75) is 18.2 Å². The van der Waals surface area contributed by atoms with Gasteiger partial charge >= 0.3 is 0 Å². The molecule has 0 aliphatic rings. The molecule has 3 aromatic rings. The Labute approximate surface area is 153 Å². The molecule has 7 heteroatoms. The van der Waals surface area contributed by atoms with Crippen molar-refractivity contribution >= 4 is 26.7 Å². The molecule has 0 atom stereocenters. The van der Waals surface area contributed by atoms with E-state index in [0.29, 0.717) is 6.54 Å². The first kappa shape index (κ1) is 18.2. The normalized spacial score (nSPS) is 11.5. The number of pyridine rings is 1. The maximum atomic E-state index is 11.3. The van der Waals surface area contributed by atoms with Gasteiger partial charge in [0.2, 0.25) is 10.0 Å². The van der Waals surface area contributed by atoms with E-state index in [-0.39, 0.29) is 4.90 Å². The van der Waals surface area contributed by atoms with Gasteiger partial charge < -0.3 is 10.1 Å². The van der Waals surface area contributed by atoms with Gasteiger partial charge in [0.25, 0.3) is 0 Å². The average Bonchev–Trinajstić information content (AvgIpc) is 2.61. The maximum absolute atomic E-state index is 11.3. The fourth-order valence-corrected chi connectivity index (χ4v) is 3.30. The molecular weight excluding hydrogens is 350 g/mol. The summed E-state index contributed by atoms with van der Waals surface area (Å²) in [5.41, 5.74) is 3.03. The second-order valence-electron chi connectivity index (χ2n) is 6.07. The first-order valence-electron chi connectivity index (χ1n) is 8.18. The number of fused-ring (bicyclic) bond motifs is 1. The zero-order chi connectivity index (χ0) is 18.7. The lowest BCUT2D eigenvalue weighted by molar-refractivity contribution is 0.415. The largest absolute Gasteiger partial charge is 0.497 e. The van der Waals surface area contributed by atoms with Gasteiger partial charge in [0.1, 0.15) is 11.6 Å². The van der Waals surface area contributed by atoms with Crippen LogP contribution in [0.4, 0.5) is 5.82 Å². The zero-order valence-corrected chi connectivity index (χ0v) is 15.5. The van der Waals surface area contributed by atoms with Crippen LogP contribution in [0, 0.1) is 6.92 Å². The molecule has 0 unspecified atom stereocenters. The van der Waals surface area contributed by atoms with Crippen LogP contribution in [-0.2, 0) is 16.4 Å². The van der Waals surface area contributed by atoms with E-state index in [9.17, 15) is 8.42 Å². The van der Waals surface area contributed by atoms with Crippen LogP contribution in [0.3, 0.4) is 0 Å². The number of hydrogen-bond acceptors (Lipinski definition) is 5. The van der Waals surface area contributed by atoms with Crippen molar-refractivity contribution in [1.29, 1.82) is 0 Å². The number of methoxy groups -OCH3 is 1. The summed E-state index contributed by atoms with van der Waals surface area (Å²) in [5.74, 6) is 1.57. The highest BCUT2D eigenvalue weighted by Crippen LogP contribution is 2.24. The van der Waals surface area contributed by atoms with Crippen molar-refractivity contribution in [3.8, 4) is 5.75 Å². The third-order valence-electron chi connectivity index (χ3n) is 4.20. The summed E-state index contributed by atoms with van der Waals surface area (Å²) in [4.78, 5) is 4.76. The summed E-state index contributed by atoms with van der Waals surface area (Å²) >= 11 is 0. The van der Waals surface area contributed by atoms with E-state index >= 15 is 0 Å². The molecule has 0 radical (unpaired) electrons. The number of primary sulfonamides is 1. The van der Waals surface area contributed by atoms with Crippen LogP contribution in [0.15, 0.2) is 53.4 Å². The molecular formula is C19H21N3O3S. The average molecular weight is 371 g/mol. The zero-order valence-electron chi connectivity index (χ0n) is 14.7. The number of ether oxygens (including phenoxy) is 1. The van der Waals surface area contributed by atoms with Gasteiger partial charge in [-0.2, -0.15) is 0 Å². The summed E-state index contributed by atoms with van der Waals surface area (Å²) in [7, 11) is -2.01. The predicted molar refractivity (Wildman–Crippen MR) is 103 cm³/mol. The molecule has 136 valence electrons. The third-order valence-corrected chi connectivity index (χ3v) is 5.12. The molecule has 0 spiro atoms. The minimum absolute atomic E-state index is 0.120. The molecule has 0 saturated carbocycles. The number of benzene rings is 2. The fraction of sp³-hybridized carbons (Fsp3) is 0.211. The van der Waals surface area contributed by atoms with Crippen LogP contribution >= 0.6 is 0 Å². The van der Waals surface area contributed by atoms with Crippen LogP contribution in [0.2, 0.25) is 0 Å². The Bertz CT molecular complexity index is 1030. The van der Waals surface area contributed by atoms with Gasteiger partial charge in [0.05, 0.1) is 17.5 Å². The number of sulfonamides is 1. The number of nitrogens with zero attached hydrogens (tertiary/aromatic N) is 1. The number of aromatic nitrogens is 1. The number of hydrogen-bond donors (Lipinski definition) is 2. The summed E-state index contributed by atoms with van der Waals surface area (Å²) in [6.07, 6.45) is 0.738. The lowest BCUT2D eigenvalue weighted by Gasteiger charge is -2.10. The lowest BCUT2D eigenvalue weighted by atomic mass is 10.1. The van der Waals surface area contributed by atoms with Gasteiger partial charge in [-0.05, 0) is 54.8 Å². The highest BCUT2D eigenvalue weighted by Gasteiger charge is 2.07. The highest BCUT2D eigenvalue weighted by molar-refractivity contribution is 7.89. The molecule has 26 heavy (non-hydrogen) atoms. The SMILES string of the molecule is COc1ccc2c(C)cc(NCCc3ccc(S(N)(=O)=O)cc3)nc2c1. The number of rotatable bonds is 6. The van der Waals surface area contributed by atoms with E-state index in [1.807, 2.05) is 31.2 Å². The fourth-order valence-electron chi connectivity index (χ4n) is 2.78. The summed E-state index contributed by atoms with van der Waals surface area (Å²) in [6, 6.07) is 14.4. The predicted octanol–water partition coefficient (Wildman–Crippen LogP) is 2.85. The van der Waals surface area contributed by atoms with Gasteiger partial charge in [-0.1, -0.05) is 12.1 Å². The van der Waals surface area contributed by atoms with Crippen molar-refractivity contribution < 1.29 is 13.2 Å². The van der Waals surface area contributed by atoms with Gasteiger partial charge in [0, 0.05) is 18.0 Å². The molecule has 0 saturated heterocycles. The first-order valence-corrected chi connectivity index (χ1v) is 9.72. The van der Waals surface area contributed by atoms with Crippen LogP contribution in [0.25, 0.3) is 10.9 Å². The summed E-state index contributed by atoms with van der Waals surface area (Å²) in [6.45, 7) is 2.73. The summed E-state index contributed by atoms with van der Waals surface area (Å²) in [5, 5.41) is 9.51. The van der Waals surface area contributed by atoms with E-state index < -0.39 is 10.0 Å². The third kappa shape index (κ3) is 4.12. The van der Waals surface area contributed by atoms with Crippen molar-refractivity contribution in [3.05, 3.63) is 59.7 Å². The monoisotopic (exact) mass is 371 g/mol. The maximum Gasteiger partial charge on any atom is 0.238 e. The second kappa shape index (κ2) is 7.31. The molecule has 6 nitrogen and oxygen atoms in total. The van der Waals surface area contributed by atoms with Crippen molar-refractivity contribution in [1.82, 2.24) is 4.98 Å².